The molecule has 0 aromatic heterocycles. The minimum Gasteiger partial charge on any atom is -0.324 e. The molecule has 0 radical (unpaired) electrons. The van der Waals surface area contributed by atoms with Gasteiger partial charge in [-0.3, -0.25) is 0 Å². The van der Waals surface area contributed by atoms with Gasteiger partial charge in [0.25, 0.3) is 0 Å². The summed E-state index contributed by atoms with van der Waals surface area (Å²) in [4.78, 5) is 0. The zero-order valence-corrected chi connectivity index (χ0v) is 7.27. The molecule has 1 fully saturated rings. The second kappa shape index (κ2) is 2.63. The second-order valence-corrected chi connectivity index (χ2v) is 3.96. The smallest absolute Gasteiger partial charge is 0.0253 e. The number of fused-ring (bicyclic) bond motifs is 2. The Morgan fingerprint density at radius 2 is 2.36 bits per heavy atom. The van der Waals surface area contributed by atoms with Crippen LogP contribution in [0.25, 0.3) is 0 Å². The van der Waals surface area contributed by atoms with E-state index in [1.54, 1.807) is 11.1 Å². The summed E-state index contributed by atoms with van der Waals surface area (Å²) in [5, 5.41) is 0. The van der Waals surface area contributed by atoms with E-state index in [4.69, 9.17) is 5.73 Å². The molecule has 0 saturated heterocycles. The third kappa shape index (κ3) is 1.12. The highest BCUT2D eigenvalue weighted by molar-refractivity contribution is 5.29. The molecule has 2 aliphatic rings. The Hall–Kier alpha value is -0.300. The molecule has 0 aromatic rings. The van der Waals surface area contributed by atoms with E-state index in [0.717, 1.165) is 12.3 Å². The molecular weight excluding hydrogens is 134 g/mol. The Labute approximate surface area is 68.7 Å². The molecule has 1 saturated carbocycles. The van der Waals surface area contributed by atoms with Gasteiger partial charge in [0.2, 0.25) is 0 Å². The molecule has 0 heterocycles. The average molecular weight is 151 g/mol. The molecule has 62 valence electrons. The molecule has 2 unspecified atom stereocenters. The first kappa shape index (κ1) is 7.35. The summed E-state index contributed by atoms with van der Waals surface area (Å²) >= 11 is 0. The molecule has 2 atom stereocenters. The van der Waals surface area contributed by atoms with E-state index in [2.05, 4.69) is 6.92 Å². The zero-order valence-electron chi connectivity index (χ0n) is 7.27. The third-order valence-corrected chi connectivity index (χ3v) is 3.24. The first-order chi connectivity index (χ1) is 5.31. The summed E-state index contributed by atoms with van der Waals surface area (Å²) in [6.07, 6.45) is 6.61. The van der Waals surface area contributed by atoms with Crippen molar-refractivity contribution in [3.8, 4) is 0 Å². The zero-order chi connectivity index (χ0) is 7.84. The monoisotopic (exact) mass is 151 g/mol. The first-order valence-corrected chi connectivity index (χ1v) is 4.77. The van der Waals surface area contributed by atoms with Gasteiger partial charge in [-0.15, -0.1) is 0 Å². The van der Waals surface area contributed by atoms with Crippen LogP contribution in [0.15, 0.2) is 11.1 Å². The van der Waals surface area contributed by atoms with E-state index in [1.807, 2.05) is 0 Å². The summed E-state index contributed by atoms with van der Waals surface area (Å²) < 4.78 is 0. The molecule has 2 aliphatic carbocycles. The van der Waals surface area contributed by atoms with Gasteiger partial charge >= 0.3 is 0 Å². The Bertz CT molecular complexity index is 193. The summed E-state index contributed by atoms with van der Waals surface area (Å²) in [5.74, 6) is 0.984. The van der Waals surface area contributed by atoms with E-state index in [-0.39, 0.29) is 0 Å². The van der Waals surface area contributed by atoms with E-state index in [0.29, 0.717) is 6.04 Å². The van der Waals surface area contributed by atoms with Gasteiger partial charge in [-0.1, -0.05) is 18.1 Å². The Kier molecular flexibility index (Phi) is 1.76. The summed E-state index contributed by atoms with van der Waals surface area (Å²) in [6, 6.07) is 0.385. The predicted molar refractivity (Wildman–Crippen MR) is 47.3 cm³/mol. The molecule has 2 rings (SSSR count). The van der Waals surface area contributed by atoms with Gasteiger partial charge in [0.05, 0.1) is 0 Å². The van der Waals surface area contributed by atoms with Crippen LogP contribution >= 0.6 is 0 Å². The summed E-state index contributed by atoms with van der Waals surface area (Å²) in [6.45, 7) is 2.18. The minimum absolute atomic E-state index is 0.385. The van der Waals surface area contributed by atoms with Crippen LogP contribution in [0.5, 0.6) is 0 Å². The van der Waals surface area contributed by atoms with Gasteiger partial charge in [0.1, 0.15) is 0 Å². The molecule has 2 N–H and O–H groups in total. The first-order valence-electron chi connectivity index (χ1n) is 4.77. The fraction of sp³-hybridized carbons (Fsp3) is 0.800. The van der Waals surface area contributed by atoms with Crippen molar-refractivity contribution in [2.24, 2.45) is 11.7 Å². The summed E-state index contributed by atoms with van der Waals surface area (Å²) in [5.41, 5.74) is 9.33. The largest absolute Gasteiger partial charge is 0.324 e. The minimum atomic E-state index is 0.385. The maximum atomic E-state index is 6.01. The van der Waals surface area contributed by atoms with E-state index in [1.165, 1.54) is 25.7 Å². The Morgan fingerprint density at radius 3 is 2.82 bits per heavy atom. The summed E-state index contributed by atoms with van der Waals surface area (Å²) in [7, 11) is 0. The van der Waals surface area contributed by atoms with Crippen molar-refractivity contribution in [3.05, 3.63) is 11.1 Å². The van der Waals surface area contributed by atoms with E-state index >= 15 is 0 Å². The fourth-order valence-corrected chi connectivity index (χ4v) is 2.51. The van der Waals surface area contributed by atoms with Crippen molar-refractivity contribution in [2.75, 3.05) is 0 Å². The Morgan fingerprint density at radius 1 is 1.55 bits per heavy atom. The molecule has 0 aliphatic heterocycles. The lowest BCUT2D eigenvalue weighted by atomic mass is 9.93. The highest BCUT2D eigenvalue weighted by Gasteiger charge is 2.31. The standard InChI is InChI=1S/C10H17N/c1-2-10(11)9-6-7-3-4-8(9)5-7/h7,10H,2-6,11H2,1H3. The van der Waals surface area contributed by atoms with Gasteiger partial charge in [0, 0.05) is 6.04 Å². The van der Waals surface area contributed by atoms with Crippen LogP contribution in [-0.4, -0.2) is 6.04 Å². The van der Waals surface area contributed by atoms with Gasteiger partial charge in [0.15, 0.2) is 0 Å². The van der Waals surface area contributed by atoms with E-state index in [9.17, 15) is 0 Å². The molecule has 1 nitrogen and oxygen atoms in total. The lowest BCUT2D eigenvalue weighted by Gasteiger charge is -2.17. The quantitative estimate of drug-likeness (QED) is 0.602. The highest BCUT2D eigenvalue weighted by atomic mass is 14.6. The van der Waals surface area contributed by atoms with Crippen LogP contribution in [-0.2, 0) is 0 Å². The molecule has 11 heavy (non-hydrogen) atoms. The average Bonchev–Trinajstić information content (AvgIpc) is 2.62. The molecule has 0 spiro atoms. The third-order valence-electron chi connectivity index (χ3n) is 3.24. The van der Waals surface area contributed by atoms with Crippen LogP contribution in [0, 0.1) is 5.92 Å². The maximum Gasteiger partial charge on any atom is 0.0253 e. The molecule has 2 bridgehead atoms. The fourth-order valence-electron chi connectivity index (χ4n) is 2.51. The van der Waals surface area contributed by atoms with Crippen molar-refractivity contribution in [3.63, 3.8) is 0 Å². The normalized spacial score (nSPS) is 31.6. The van der Waals surface area contributed by atoms with Crippen LogP contribution in [0.3, 0.4) is 0 Å². The van der Waals surface area contributed by atoms with Crippen molar-refractivity contribution < 1.29 is 0 Å². The van der Waals surface area contributed by atoms with Gasteiger partial charge in [-0.05, 0) is 38.0 Å². The van der Waals surface area contributed by atoms with Crippen LogP contribution in [0.2, 0.25) is 0 Å². The molecular formula is C10H17N. The number of nitrogens with two attached hydrogens (primary N) is 1. The van der Waals surface area contributed by atoms with Crippen molar-refractivity contribution in [1.82, 2.24) is 0 Å². The second-order valence-electron chi connectivity index (χ2n) is 3.96. The maximum absolute atomic E-state index is 6.01. The predicted octanol–water partition coefficient (Wildman–Crippen LogP) is 2.22. The number of hydrogen-bond acceptors (Lipinski definition) is 1. The van der Waals surface area contributed by atoms with Gasteiger partial charge < -0.3 is 5.73 Å². The highest BCUT2D eigenvalue weighted by Crippen LogP contribution is 2.45. The molecule has 0 amide bonds. The lowest BCUT2D eigenvalue weighted by molar-refractivity contribution is 0.538. The van der Waals surface area contributed by atoms with Crippen molar-refractivity contribution >= 4 is 0 Å². The van der Waals surface area contributed by atoms with Gasteiger partial charge in [-0.2, -0.15) is 0 Å². The Balaban J connectivity index is 2.14. The van der Waals surface area contributed by atoms with Crippen molar-refractivity contribution in [1.29, 1.82) is 0 Å². The lowest BCUT2D eigenvalue weighted by Crippen LogP contribution is -2.22. The van der Waals surface area contributed by atoms with E-state index < -0.39 is 0 Å². The molecule has 1 heteroatoms. The number of hydrogen-bond donors (Lipinski definition) is 1. The SMILES string of the molecule is CCC(N)C1=C2CCC(C2)C1. The number of rotatable bonds is 2. The number of allylic oxidation sites excluding steroid dienone is 1. The van der Waals surface area contributed by atoms with Crippen LogP contribution < -0.4 is 5.73 Å². The van der Waals surface area contributed by atoms with Crippen LogP contribution in [0.4, 0.5) is 0 Å². The molecule has 0 aromatic carbocycles. The van der Waals surface area contributed by atoms with Gasteiger partial charge in [-0.25, -0.2) is 0 Å². The van der Waals surface area contributed by atoms with Crippen molar-refractivity contribution in [2.45, 2.75) is 45.1 Å². The topological polar surface area (TPSA) is 26.0 Å². The van der Waals surface area contributed by atoms with Crippen LogP contribution in [0.1, 0.15) is 39.0 Å².